The van der Waals surface area contributed by atoms with Gasteiger partial charge in [-0.15, -0.1) is 0 Å². The van der Waals surface area contributed by atoms with E-state index in [4.69, 9.17) is 5.11 Å². The zero-order valence-electron chi connectivity index (χ0n) is 12.2. The summed E-state index contributed by atoms with van der Waals surface area (Å²) in [6.45, 7) is 11.8. The second-order valence-electron chi connectivity index (χ2n) is 6.23. The molecule has 0 aliphatic rings. The molecule has 0 heterocycles. The number of nitrogens with one attached hydrogen (secondary N) is 2. The van der Waals surface area contributed by atoms with Crippen molar-refractivity contribution >= 4 is 12.0 Å². The van der Waals surface area contributed by atoms with E-state index in [1.54, 1.807) is 0 Å². The molecule has 0 aromatic heterocycles. The van der Waals surface area contributed by atoms with Gasteiger partial charge < -0.3 is 15.7 Å². The van der Waals surface area contributed by atoms with Crippen LogP contribution in [-0.2, 0) is 4.79 Å². The molecule has 3 N–H and O–H groups in total. The van der Waals surface area contributed by atoms with Crippen LogP contribution in [-0.4, -0.2) is 29.2 Å². The van der Waals surface area contributed by atoms with E-state index in [1.165, 1.54) is 0 Å². The quantitative estimate of drug-likeness (QED) is 0.707. The van der Waals surface area contributed by atoms with Gasteiger partial charge in [-0.1, -0.05) is 34.6 Å². The summed E-state index contributed by atoms with van der Waals surface area (Å²) >= 11 is 0. The van der Waals surface area contributed by atoms with E-state index in [0.717, 1.165) is 0 Å². The first-order valence-electron chi connectivity index (χ1n) is 6.34. The summed E-state index contributed by atoms with van der Waals surface area (Å²) in [7, 11) is 0. The second kappa shape index (κ2) is 6.61. The topological polar surface area (TPSA) is 78.4 Å². The third-order valence-electron chi connectivity index (χ3n) is 2.96. The largest absolute Gasteiger partial charge is 0.480 e. The smallest absolute Gasteiger partial charge is 0.326 e. The highest BCUT2D eigenvalue weighted by Gasteiger charge is 2.25. The standard InChI is InChI=1S/C13H26N2O3/c1-8(2)7-10(11(16)17)15-12(18)14-9(3)13(4,5)6/h8-10H,7H2,1-6H3,(H,16,17)(H2,14,15,18). The van der Waals surface area contributed by atoms with Gasteiger partial charge in [-0.25, -0.2) is 9.59 Å². The molecule has 0 bridgehead atoms. The zero-order valence-corrected chi connectivity index (χ0v) is 12.2. The maximum absolute atomic E-state index is 11.7. The summed E-state index contributed by atoms with van der Waals surface area (Å²) in [5, 5.41) is 14.3. The maximum atomic E-state index is 11.7. The van der Waals surface area contributed by atoms with Gasteiger partial charge in [0.05, 0.1) is 0 Å². The lowest BCUT2D eigenvalue weighted by Gasteiger charge is -2.28. The number of carboxylic acid groups (broad SMARTS) is 1. The Bertz CT molecular complexity index is 295. The summed E-state index contributed by atoms with van der Waals surface area (Å²) in [5.41, 5.74) is -0.0614. The van der Waals surface area contributed by atoms with E-state index in [2.05, 4.69) is 10.6 Å². The first kappa shape index (κ1) is 16.7. The van der Waals surface area contributed by atoms with Crippen LogP contribution in [0.2, 0.25) is 0 Å². The Morgan fingerprint density at radius 2 is 1.61 bits per heavy atom. The monoisotopic (exact) mass is 258 g/mol. The van der Waals surface area contributed by atoms with Crippen LogP contribution >= 0.6 is 0 Å². The molecule has 0 aromatic rings. The molecule has 0 aromatic carbocycles. The SMILES string of the molecule is CC(C)CC(NC(=O)NC(C)C(C)(C)C)C(=O)O. The Kier molecular flexibility index (Phi) is 6.15. The van der Waals surface area contributed by atoms with E-state index in [1.807, 2.05) is 41.5 Å². The van der Waals surface area contributed by atoms with Crippen molar-refractivity contribution in [2.24, 2.45) is 11.3 Å². The van der Waals surface area contributed by atoms with Crippen LogP contribution in [0.25, 0.3) is 0 Å². The van der Waals surface area contributed by atoms with Crippen LogP contribution in [0.5, 0.6) is 0 Å². The van der Waals surface area contributed by atoms with Crippen LogP contribution in [0.1, 0.15) is 48.0 Å². The van der Waals surface area contributed by atoms with Crippen molar-refractivity contribution in [1.29, 1.82) is 0 Å². The van der Waals surface area contributed by atoms with Gasteiger partial charge in [0.2, 0.25) is 0 Å². The Labute approximate surface area is 109 Å². The molecule has 0 aliphatic heterocycles. The first-order chi connectivity index (χ1) is 8.04. The highest BCUT2D eigenvalue weighted by atomic mass is 16.4. The summed E-state index contributed by atoms with van der Waals surface area (Å²) in [6.07, 6.45) is 0.423. The molecule has 5 heteroatoms. The van der Waals surface area contributed by atoms with Gasteiger partial charge in [0, 0.05) is 6.04 Å². The zero-order chi connectivity index (χ0) is 14.5. The van der Waals surface area contributed by atoms with Gasteiger partial charge in [-0.3, -0.25) is 0 Å². The number of hydrogen-bond acceptors (Lipinski definition) is 2. The molecule has 0 fully saturated rings. The summed E-state index contributed by atoms with van der Waals surface area (Å²) in [6, 6.07) is -1.30. The van der Waals surface area contributed by atoms with Crippen molar-refractivity contribution < 1.29 is 14.7 Å². The average Bonchev–Trinajstić information content (AvgIpc) is 2.13. The molecule has 0 saturated carbocycles. The van der Waals surface area contributed by atoms with Crippen LogP contribution in [0.4, 0.5) is 4.79 Å². The fourth-order valence-electron chi connectivity index (χ4n) is 1.31. The van der Waals surface area contributed by atoms with Gasteiger partial charge in [-0.05, 0) is 24.7 Å². The van der Waals surface area contributed by atoms with Crippen LogP contribution in [0, 0.1) is 11.3 Å². The molecular formula is C13H26N2O3. The molecule has 106 valence electrons. The number of hydrogen-bond donors (Lipinski definition) is 3. The number of carboxylic acids is 1. The van der Waals surface area contributed by atoms with E-state index in [9.17, 15) is 9.59 Å². The molecular weight excluding hydrogens is 232 g/mol. The van der Waals surface area contributed by atoms with Gasteiger partial charge in [0.15, 0.2) is 0 Å². The molecule has 2 unspecified atom stereocenters. The van der Waals surface area contributed by atoms with E-state index in [0.29, 0.717) is 6.42 Å². The fraction of sp³-hybridized carbons (Fsp3) is 0.846. The number of carbonyl (C=O) groups is 2. The molecule has 0 radical (unpaired) electrons. The first-order valence-corrected chi connectivity index (χ1v) is 6.34. The van der Waals surface area contributed by atoms with Crippen molar-refractivity contribution in [3.05, 3.63) is 0 Å². The molecule has 2 amide bonds. The maximum Gasteiger partial charge on any atom is 0.326 e. The number of amides is 2. The minimum Gasteiger partial charge on any atom is -0.480 e. The van der Waals surface area contributed by atoms with Crippen molar-refractivity contribution in [1.82, 2.24) is 10.6 Å². The Morgan fingerprint density at radius 3 is 1.94 bits per heavy atom. The Balaban J connectivity index is 4.39. The minimum absolute atomic E-state index is 0.0361. The highest BCUT2D eigenvalue weighted by molar-refractivity contribution is 5.82. The number of aliphatic carboxylic acids is 1. The van der Waals surface area contributed by atoms with Crippen molar-refractivity contribution in [2.45, 2.75) is 60.0 Å². The summed E-state index contributed by atoms with van der Waals surface area (Å²) in [5.74, 6) is -0.784. The highest BCUT2D eigenvalue weighted by Crippen LogP contribution is 2.18. The van der Waals surface area contributed by atoms with E-state index < -0.39 is 18.0 Å². The average molecular weight is 258 g/mol. The van der Waals surface area contributed by atoms with Gasteiger partial charge in [0.25, 0.3) is 0 Å². The molecule has 0 rings (SSSR count). The third kappa shape index (κ3) is 6.47. The number of rotatable bonds is 5. The van der Waals surface area contributed by atoms with Crippen LogP contribution in [0.3, 0.4) is 0 Å². The lowest BCUT2D eigenvalue weighted by atomic mass is 9.88. The van der Waals surface area contributed by atoms with Crippen molar-refractivity contribution in [2.75, 3.05) is 0 Å². The van der Waals surface area contributed by atoms with Crippen molar-refractivity contribution in [3.63, 3.8) is 0 Å². The summed E-state index contributed by atoms with van der Waals surface area (Å²) in [4.78, 5) is 22.7. The predicted molar refractivity (Wildman–Crippen MR) is 71.5 cm³/mol. The van der Waals surface area contributed by atoms with Gasteiger partial charge in [-0.2, -0.15) is 0 Å². The van der Waals surface area contributed by atoms with E-state index >= 15 is 0 Å². The van der Waals surface area contributed by atoms with Gasteiger partial charge in [0.1, 0.15) is 6.04 Å². The summed E-state index contributed by atoms with van der Waals surface area (Å²) < 4.78 is 0. The fourth-order valence-corrected chi connectivity index (χ4v) is 1.31. The minimum atomic E-state index is -0.998. The predicted octanol–water partition coefficient (Wildman–Crippen LogP) is 2.22. The Hall–Kier alpha value is -1.26. The molecule has 0 aliphatic carbocycles. The van der Waals surface area contributed by atoms with Gasteiger partial charge >= 0.3 is 12.0 Å². The number of carbonyl (C=O) groups excluding carboxylic acids is 1. The molecule has 18 heavy (non-hydrogen) atoms. The molecule has 5 nitrogen and oxygen atoms in total. The van der Waals surface area contributed by atoms with E-state index in [-0.39, 0.29) is 17.4 Å². The van der Waals surface area contributed by atoms with Crippen molar-refractivity contribution in [3.8, 4) is 0 Å². The van der Waals surface area contributed by atoms with Crippen LogP contribution in [0.15, 0.2) is 0 Å². The normalized spacial score (nSPS) is 15.1. The molecule has 0 spiro atoms. The number of urea groups is 1. The molecule has 0 saturated heterocycles. The third-order valence-corrected chi connectivity index (χ3v) is 2.96. The lowest BCUT2D eigenvalue weighted by Crippen LogP contribution is -2.51. The second-order valence-corrected chi connectivity index (χ2v) is 6.23. The molecule has 2 atom stereocenters. The Morgan fingerprint density at radius 1 is 1.11 bits per heavy atom. The van der Waals surface area contributed by atoms with Crippen LogP contribution < -0.4 is 10.6 Å². The lowest BCUT2D eigenvalue weighted by molar-refractivity contribution is -0.139.